The molecule has 2 rings (SSSR count). The maximum Gasteiger partial charge on any atom is 0.0300 e. The Hall–Kier alpha value is 0.0600. The van der Waals surface area contributed by atoms with E-state index in [9.17, 15) is 0 Å². The molecule has 0 aliphatic carbocycles. The first-order valence-corrected chi connectivity index (χ1v) is 9.03. The van der Waals surface area contributed by atoms with E-state index < -0.39 is 0 Å². The molecule has 0 saturated carbocycles. The summed E-state index contributed by atoms with van der Waals surface area (Å²) in [5.74, 6) is 0. The highest BCUT2D eigenvalue weighted by Gasteiger charge is 2.25. The largest absolute Gasteiger partial charge is 0.311 e. The van der Waals surface area contributed by atoms with Crippen molar-refractivity contribution in [3.05, 3.63) is 20.8 Å². The van der Waals surface area contributed by atoms with Crippen LogP contribution in [-0.2, 0) is 6.54 Å². The Morgan fingerprint density at radius 2 is 1.95 bits per heavy atom. The molecule has 1 aromatic rings. The van der Waals surface area contributed by atoms with Crippen LogP contribution in [0.2, 0.25) is 0 Å². The van der Waals surface area contributed by atoms with E-state index in [-0.39, 0.29) is 0 Å². The fraction of sp³-hybridized carbons (Fsp3) is 0.733. The zero-order valence-corrected chi connectivity index (χ0v) is 15.2. The van der Waals surface area contributed by atoms with Gasteiger partial charge in [0.2, 0.25) is 0 Å². The molecular formula is C15H26BrN3S. The maximum absolute atomic E-state index is 3.54. The molecule has 1 aromatic heterocycles. The van der Waals surface area contributed by atoms with E-state index in [1.54, 1.807) is 0 Å². The second-order valence-corrected chi connectivity index (χ2v) is 8.32. The second-order valence-electron chi connectivity index (χ2n) is 6.41. The number of thiophene rings is 1. The van der Waals surface area contributed by atoms with E-state index in [1.165, 1.54) is 35.5 Å². The Bertz CT molecular complexity index is 405. The lowest BCUT2D eigenvalue weighted by atomic mass is 10.1. The van der Waals surface area contributed by atoms with Crippen LogP contribution in [0, 0.1) is 0 Å². The lowest BCUT2D eigenvalue weighted by molar-refractivity contribution is 0.0628. The van der Waals surface area contributed by atoms with Gasteiger partial charge in [0.05, 0.1) is 0 Å². The molecule has 1 fully saturated rings. The van der Waals surface area contributed by atoms with Crippen LogP contribution in [0.4, 0.5) is 0 Å². The molecule has 1 aliphatic heterocycles. The lowest BCUT2D eigenvalue weighted by Gasteiger charge is -2.42. The standard InChI is InChI=1S/C15H26BrN3S/c1-15(2,3)19-8-6-18(7-9-19)5-4-17-11-14-10-13(16)12-20-14/h10,12,17H,4-9,11H2,1-3H3. The summed E-state index contributed by atoms with van der Waals surface area (Å²) < 4.78 is 1.19. The Kier molecular flexibility index (Phi) is 6.05. The van der Waals surface area contributed by atoms with Crippen molar-refractivity contribution < 1.29 is 0 Å². The molecule has 0 radical (unpaired) electrons. The van der Waals surface area contributed by atoms with Crippen molar-refractivity contribution in [3.8, 4) is 0 Å². The molecule has 114 valence electrons. The van der Waals surface area contributed by atoms with Gasteiger partial charge < -0.3 is 5.32 Å². The summed E-state index contributed by atoms with van der Waals surface area (Å²) >= 11 is 5.30. The van der Waals surface area contributed by atoms with E-state index in [2.05, 4.69) is 63.3 Å². The molecule has 5 heteroatoms. The third kappa shape index (κ3) is 5.11. The van der Waals surface area contributed by atoms with Crippen molar-refractivity contribution in [2.24, 2.45) is 0 Å². The lowest BCUT2D eigenvalue weighted by Crippen LogP contribution is -2.54. The van der Waals surface area contributed by atoms with Crippen LogP contribution < -0.4 is 5.32 Å². The van der Waals surface area contributed by atoms with E-state index >= 15 is 0 Å². The molecule has 0 unspecified atom stereocenters. The minimum atomic E-state index is 0.316. The molecule has 0 spiro atoms. The molecule has 2 heterocycles. The Labute approximate surface area is 135 Å². The number of nitrogens with zero attached hydrogens (tertiary/aromatic N) is 2. The summed E-state index contributed by atoms with van der Waals surface area (Å²) in [5.41, 5.74) is 0.316. The fourth-order valence-electron chi connectivity index (χ4n) is 2.54. The highest BCUT2D eigenvalue weighted by Crippen LogP contribution is 2.19. The molecule has 20 heavy (non-hydrogen) atoms. The Morgan fingerprint density at radius 1 is 1.25 bits per heavy atom. The third-order valence-corrected chi connectivity index (χ3v) is 5.54. The SMILES string of the molecule is CC(C)(C)N1CCN(CCNCc2cc(Br)cs2)CC1. The zero-order valence-electron chi connectivity index (χ0n) is 12.8. The van der Waals surface area contributed by atoms with Crippen LogP contribution in [-0.4, -0.2) is 54.6 Å². The topological polar surface area (TPSA) is 18.5 Å². The molecule has 1 N–H and O–H groups in total. The van der Waals surface area contributed by atoms with Gasteiger partial charge in [-0.05, 0) is 42.8 Å². The highest BCUT2D eigenvalue weighted by molar-refractivity contribution is 9.10. The van der Waals surface area contributed by atoms with Crippen LogP contribution in [0.5, 0.6) is 0 Å². The minimum absolute atomic E-state index is 0.316. The zero-order chi connectivity index (χ0) is 14.6. The van der Waals surface area contributed by atoms with Gasteiger partial charge in [-0.15, -0.1) is 11.3 Å². The molecule has 0 atom stereocenters. The fourth-order valence-corrected chi connectivity index (χ4v) is 3.96. The van der Waals surface area contributed by atoms with Crippen molar-refractivity contribution in [1.82, 2.24) is 15.1 Å². The van der Waals surface area contributed by atoms with Gasteiger partial charge in [-0.1, -0.05) is 0 Å². The van der Waals surface area contributed by atoms with Crippen LogP contribution in [0.15, 0.2) is 15.9 Å². The van der Waals surface area contributed by atoms with Crippen molar-refractivity contribution in [2.45, 2.75) is 32.9 Å². The van der Waals surface area contributed by atoms with Gasteiger partial charge in [-0.25, -0.2) is 0 Å². The number of hydrogen-bond acceptors (Lipinski definition) is 4. The van der Waals surface area contributed by atoms with E-state index in [1.807, 2.05) is 11.3 Å². The predicted octanol–water partition coefficient (Wildman–Crippen LogP) is 3.02. The summed E-state index contributed by atoms with van der Waals surface area (Å²) in [4.78, 5) is 6.55. The molecule has 0 aromatic carbocycles. The van der Waals surface area contributed by atoms with Crippen LogP contribution in [0.1, 0.15) is 25.6 Å². The van der Waals surface area contributed by atoms with Crippen molar-refractivity contribution in [3.63, 3.8) is 0 Å². The number of piperazine rings is 1. The summed E-state index contributed by atoms with van der Waals surface area (Å²) in [6.07, 6.45) is 0. The monoisotopic (exact) mass is 359 g/mol. The quantitative estimate of drug-likeness (QED) is 0.815. The summed E-state index contributed by atoms with van der Waals surface area (Å²) in [6.45, 7) is 14.9. The van der Waals surface area contributed by atoms with Gasteiger partial charge in [0.25, 0.3) is 0 Å². The minimum Gasteiger partial charge on any atom is -0.311 e. The van der Waals surface area contributed by atoms with Gasteiger partial charge in [0.15, 0.2) is 0 Å². The molecule has 3 nitrogen and oxygen atoms in total. The van der Waals surface area contributed by atoms with Gasteiger partial charge in [0.1, 0.15) is 0 Å². The van der Waals surface area contributed by atoms with E-state index in [0.29, 0.717) is 5.54 Å². The summed E-state index contributed by atoms with van der Waals surface area (Å²) in [6, 6.07) is 2.19. The smallest absolute Gasteiger partial charge is 0.0300 e. The number of halogens is 1. The third-order valence-electron chi connectivity index (χ3n) is 3.85. The molecule has 0 amide bonds. The average molecular weight is 360 g/mol. The van der Waals surface area contributed by atoms with E-state index in [0.717, 1.165) is 19.6 Å². The Balaban J connectivity index is 1.59. The maximum atomic E-state index is 3.54. The van der Waals surface area contributed by atoms with Crippen LogP contribution in [0.3, 0.4) is 0 Å². The highest BCUT2D eigenvalue weighted by atomic mass is 79.9. The predicted molar refractivity (Wildman–Crippen MR) is 91.5 cm³/mol. The summed E-state index contributed by atoms with van der Waals surface area (Å²) in [7, 11) is 0. The van der Waals surface area contributed by atoms with Gasteiger partial charge in [-0.3, -0.25) is 9.80 Å². The number of hydrogen-bond donors (Lipinski definition) is 1. The van der Waals surface area contributed by atoms with Gasteiger partial charge in [-0.2, -0.15) is 0 Å². The van der Waals surface area contributed by atoms with Crippen molar-refractivity contribution in [1.29, 1.82) is 0 Å². The summed E-state index contributed by atoms with van der Waals surface area (Å²) in [5, 5.41) is 5.68. The van der Waals surface area contributed by atoms with Crippen LogP contribution in [0.25, 0.3) is 0 Å². The molecular weight excluding hydrogens is 334 g/mol. The second kappa shape index (κ2) is 7.36. The molecule has 0 bridgehead atoms. The van der Waals surface area contributed by atoms with Crippen molar-refractivity contribution in [2.75, 3.05) is 39.3 Å². The van der Waals surface area contributed by atoms with Crippen LogP contribution >= 0.6 is 27.3 Å². The van der Waals surface area contributed by atoms with Gasteiger partial charge in [0, 0.05) is 66.1 Å². The molecule has 1 aliphatic rings. The first kappa shape index (κ1) is 16.4. The molecule has 1 saturated heterocycles. The first-order chi connectivity index (χ1) is 9.45. The average Bonchev–Trinajstić information content (AvgIpc) is 2.80. The first-order valence-electron chi connectivity index (χ1n) is 7.36. The van der Waals surface area contributed by atoms with Gasteiger partial charge >= 0.3 is 0 Å². The number of nitrogens with one attached hydrogen (secondary N) is 1. The van der Waals surface area contributed by atoms with Crippen molar-refractivity contribution >= 4 is 27.3 Å². The normalized spacial score (nSPS) is 18.6. The number of rotatable bonds is 5. The Morgan fingerprint density at radius 3 is 2.50 bits per heavy atom. The van der Waals surface area contributed by atoms with E-state index in [4.69, 9.17) is 0 Å².